The summed E-state index contributed by atoms with van der Waals surface area (Å²) in [6, 6.07) is 5.78. The van der Waals surface area contributed by atoms with Gasteiger partial charge in [-0.2, -0.15) is 0 Å². The Labute approximate surface area is 112 Å². The van der Waals surface area contributed by atoms with Crippen molar-refractivity contribution >= 4 is 5.71 Å². The maximum atomic E-state index is 9.01. The number of aliphatic hydroxyl groups is 1. The van der Waals surface area contributed by atoms with E-state index in [1.807, 2.05) is 18.2 Å². The number of hydrogen-bond donors (Lipinski definition) is 2. The molecule has 1 aromatic carbocycles. The Morgan fingerprint density at radius 1 is 1.16 bits per heavy atom. The molecule has 0 fully saturated rings. The first-order chi connectivity index (χ1) is 9.36. The van der Waals surface area contributed by atoms with Crippen LogP contribution in [0.3, 0.4) is 0 Å². The summed E-state index contributed by atoms with van der Waals surface area (Å²) in [5.74, 6) is 0.825. The number of oxime groups is 1. The van der Waals surface area contributed by atoms with Crippen LogP contribution in [-0.4, -0.2) is 42.5 Å². The van der Waals surface area contributed by atoms with Crippen LogP contribution in [0.4, 0.5) is 0 Å². The van der Waals surface area contributed by atoms with Crippen LogP contribution in [0, 0.1) is 0 Å². The second-order valence-corrected chi connectivity index (χ2v) is 4.37. The van der Waals surface area contributed by atoms with E-state index in [-0.39, 0.29) is 6.61 Å². The van der Waals surface area contributed by atoms with E-state index in [0.717, 1.165) is 41.9 Å². The summed E-state index contributed by atoms with van der Waals surface area (Å²) >= 11 is 0. The second-order valence-electron chi connectivity index (χ2n) is 4.37. The zero-order chi connectivity index (χ0) is 13.5. The van der Waals surface area contributed by atoms with Gasteiger partial charge in [0, 0.05) is 11.1 Å². The number of hydrogen-bond acceptors (Lipinski definition) is 5. The van der Waals surface area contributed by atoms with Gasteiger partial charge in [0.2, 0.25) is 0 Å². The van der Waals surface area contributed by atoms with Gasteiger partial charge in [-0.05, 0) is 25.3 Å². The van der Waals surface area contributed by atoms with E-state index >= 15 is 0 Å². The average Bonchev–Trinajstić information content (AvgIpc) is 2.46. The summed E-state index contributed by atoms with van der Waals surface area (Å²) in [5, 5.41) is 21.0. The molecule has 5 nitrogen and oxygen atoms in total. The lowest BCUT2D eigenvalue weighted by Gasteiger charge is -2.20. The third-order valence-electron chi connectivity index (χ3n) is 3.13. The van der Waals surface area contributed by atoms with Gasteiger partial charge in [-0.25, -0.2) is 0 Å². The zero-order valence-electron chi connectivity index (χ0n) is 10.8. The molecule has 2 rings (SSSR count). The van der Waals surface area contributed by atoms with Crippen LogP contribution < -0.4 is 4.74 Å². The topological polar surface area (TPSA) is 71.3 Å². The predicted molar refractivity (Wildman–Crippen MR) is 71.1 cm³/mol. The van der Waals surface area contributed by atoms with E-state index in [9.17, 15) is 0 Å². The van der Waals surface area contributed by atoms with Crippen molar-refractivity contribution in [3.8, 4) is 5.75 Å². The highest BCUT2D eigenvalue weighted by molar-refractivity contribution is 6.02. The molecular formula is C14H19NO4. The Kier molecular flexibility index (Phi) is 5.18. The molecule has 104 valence electrons. The van der Waals surface area contributed by atoms with E-state index in [2.05, 4.69) is 5.16 Å². The number of ether oxygens (including phenoxy) is 2. The first-order valence-corrected chi connectivity index (χ1v) is 6.51. The van der Waals surface area contributed by atoms with Gasteiger partial charge in [0.1, 0.15) is 12.4 Å². The van der Waals surface area contributed by atoms with Crippen molar-refractivity contribution in [1.82, 2.24) is 0 Å². The summed E-state index contributed by atoms with van der Waals surface area (Å²) in [6.07, 6.45) is 2.70. The Hall–Kier alpha value is -1.59. The molecule has 0 spiro atoms. The average molecular weight is 265 g/mol. The van der Waals surface area contributed by atoms with Gasteiger partial charge >= 0.3 is 0 Å². The third-order valence-corrected chi connectivity index (χ3v) is 3.13. The zero-order valence-corrected chi connectivity index (χ0v) is 10.8. The van der Waals surface area contributed by atoms with Crippen molar-refractivity contribution in [3.63, 3.8) is 0 Å². The largest absolute Gasteiger partial charge is 0.491 e. The first-order valence-electron chi connectivity index (χ1n) is 6.51. The van der Waals surface area contributed by atoms with Crippen LogP contribution in [0.2, 0.25) is 0 Å². The SMILES string of the molecule is OCCOCCOc1cccc2c1CCCC2=NO. The first kappa shape index (κ1) is 13.8. The van der Waals surface area contributed by atoms with Crippen LogP contribution in [0.5, 0.6) is 5.75 Å². The molecule has 0 saturated heterocycles. The van der Waals surface area contributed by atoms with Gasteiger partial charge < -0.3 is 19.8 Å². The van der Waals surface area contributed by atoms with Gasteiger partial charge in [-0.1, -0.05) is 17.3 Å². The van der Waals surface area contributed by atoms with Crippen molar-refractivity contribution in [1.29, 1.82) is 0 Å². The Morgan fingerprint density at radius 2 is 2.05 bits per heavy atom. The lowest BCUT2D eigenvalue weighted by molar-refractivity contribution is 0.0703. The quantitative estimate of drug-likeness (QED) is 0.465. The number of nitrogens with zero attached hydrogens (tertiary/aromatic N) is 1. The standard InChI is InChI=1S/C14H19NO4/c16-7-8-18-9-10-19-14-6-2-3-11-12(14)4-1-5-13(11)15-17/h2-3,6,16-17H,1,4-5,7-10H2. The molecule has 0 radical (unpaired) electrons. The Bertz CT molecular complexity index is 445. The fourth-order valence-corrected chi connectivity index (χ4v) is 2.28. The summed E-state index contributed by atoms with van der Waals surface area (Å²) in [5.41, 5.74) is 2.80. The van der Waals surface area contributed by atoms with E-state index in [1.54, 1.807) is 0 Å². The molecular weight excluding hydrogens is 246 g/mol. The van der Waals surface area contributed by atoms with Crippen LogP contribution >= 0.6 is 0 Å². The molecule has 1 aliphatic rings. The summed E-state index contributed by atoms with van der Waals surface area (Å²) in [4.78, 5) is 0. The molecule has 2 N–H and O–H groups in total. The lowest BCUT2D eigenvalue weighted by Crippen LogP contribution is -2.15. The molecule has 0 saturated carbocycles. The minimum atomic E-state index is 0.0249. The molecule has 0 aliphatic heterocycles. The van der Waals surface area contributed by atoms with Crippen molar-refractivity contribution in [2.75, 3.05) is 26.4 Å². The highest BCUT2D eigenvalue weighted by atomic mass is 16.5. The van der Waals surface area contributed by atoms with Gasteiger partial charge in [-0.3, -0.25) is 0 Å². The molecule has 1 aromatic rings. The summed E-state index contributed by atoms with van der Waals surface area (Å²) in [6.45, 7) is 1.25. The van der Waals surface area contributed by atoms with Gasteiger partial charge in [0.15, 0.2) is 0 Å². The van der Waals surface area contributed by atoms with Gasteiger partial charge in [0.05, 0.1) is 25.5 Å². The molecule has 1 aliphatic carbocycles. The number of rotatable bonds is 6. The molecule has 0 atom stereocenters. The molecule has 5 heteroatoms. The van der Waals surface area contributed by atoms with Crippen molar-refractivity contribution in [2.45, 2.75) is 19.3 Å². The second kappa shape index (κ2) is 7.11. The minimum absolute atomic E-state index is 0.0249. The van der Waals surface area contributed by atoms with Crippen LogP contribution in [-0.2, 0) is 11.2 Å². The maximum Gasteiger partial charge on any atom is 0.123 e. The van der Waals surface area contributed by atoms with Crippen molar-refractivity contribution in [2.24, 2.45) is 5.16 Å². The minimum Gasteiger partial charge on any atom is -0.491 e. The highest BCUT2D eigenvalue weighted by Gasteiger charge is 2.19. The summed E-state index contributed by atoms with van der Waals surface area (Å²) in [7, 11) is 0. The number of aliphatic hydroxyl groups excluding tert-OH is 1. The van der Waals surface area contributed by atoms with E-state index in [1.165, 1.54) is 0 Å². The van der Waals surface area contributed by atoms with E-state index in [4.69, 9.17) is 19.8 Å². The Morgan fingerprint density at radius 3 is 2.84 bits per heavy atom. The number of benzene rings is 1. The van der Waals surface area contributed by atoms with Crippen LogP contribution in [0.1, 0.15) is 24.0 Å². The predicted octanol–water partition coefficient (Wildman–Crippen LogP) is 1.59. The van der Waals surface area contributed by atoms with Crippen molar-refractivity contribution in [3.05, 3.63) is 29.3 Å². The van der Waals surface area contributed by atoms with Crippen molar-refractivity contribution < 1.29 is 19.8 Å². The molecule has 19 heavy (non-hydrogen) atoms. The Balaban J connectivity index is 2.02. The molecule has 0 heterocycles. The van der Waals surface area contributed by atoms with Crippen LogP contribution in [0.15, 0.2) is 23.4 Å². The smallest absolute Gasteiger partial charge is 0.123 e. The molecule has 0 unspecified atom stereocenters. The molecule has 0 amide bonds. The maximum absolute atomic E-state index is 9.01. The van der Waals surface area contributed by atoms with Gasteiger partial charge in [0.25, 0.3) is 0 Å². The normalized spacial score (nSPS) is 16.4. The monoisotopic (exact) mass is 265 g/mol. The fourth-order valence-electron chi connectivity index (χ4n) is 2.28. The van der Waals surface area contributed by atoms with Gasteiger partial charge in [-0.15, -0.1) is 0 Å². The lowest BCUT2D eigenvalue weighted by atomic mass is 9.89. The van der Waals surface area contributed by atoms with Crippen LogP contribution in [0.25, 0.3) is 0 Å². The van der Waals surface area contributed by atoms with E-state index in [0.29, 0.717) is 19.8 Å². The van der Waals surface area contributed by atoms with E-state index < -0.39 is 0 Å². The molecule has 0 aromatic heterocycles. The highest BCUT2D eigenvalue weighted by Crippen LogP contribution is 2.29. The summed E-state index contributed by atoms with van der Waals surface area (Å²) < 4.78 is 10.9. The number of fused-ring (bicyclic) bond motifs is 1. The fraction of sp³-hybridized carbons (Fsp3) is 0.500. The third kappa shape index (κ3) is 3.45. The molecule has 0 bridgehead atoms.